The first-order valence-corrected chi connectivity index (χ1v) is 12.4. The largest absolute Gasteiger partial charge is 0.368 e. The Balaban J connectivity index is 1.35. The van der Waals surface area contributed by atoms with Crippen LogP contribution in [-0.4, -0.2) is 47.8 Å². The van der Waals surface area contributed by atoms with Gasteiger partial charge in [-0.05, 0) is 55.3 Å². The van der Waals surface area contributed by atoms with Crippen LogP contribution in [-0.2, 0) is 4.79 Å². The van der Waals surface area contributed by atoms with E-state index in [-0.39, 0.29) is 11.7 Å². The van der Waals surface area contributed by atoms with Gasteiger partial charge in [-0.15, -0.1) is 0 Å². The molecule has 3 aromatic rings. The second kappa shape index (κ2) is 10.6. The van der Waals surface area contributed by atoms with Gasteiger partial charge in [-0.2, -0.15) is 0 Å². The molecule has 1 aromatic heterocycles. The van der Waals surface area contributed by atoms with Gasteiger partial charge in [0.1, 0.15) is 11.0 Å². The average molecular weight is 502 g/mol. The number of amides is 1. The van der Waals surface area contributed by atoms with Crippen molar-refractivity contribution in [2.24, 2.45) is 0 Å². The molecule has 2 heterocycles. The molecule has 9 heteroatoms. The number of piperazine rings is 1. The van der Waals surface area contributed by atoms with Gasteiger partial charge in [0.05, 0.1) is 5.75 Å². The monoisotopic (exact) mass is 501 g/mol. The van der Waals surface area contributed by atoms with E-state index in [1.54, 1.807) is 6.07 Å². The van der Waals surface area contributed by atoms with Crippen LogP contribution in [0.2, 0.25) is 10.2 Å². The van der Waals surface area contributed by atoms with Crippen LogP contribution in [0, 0.1) is 13.8 Å². The molecular weight excluding hydrogens is 477 g/mol. The molecule has 0 radical (unpaired) electrons. The molecule has 1 fully saturated rings. The number of anilines is 3. The summed E-state index contributed by atoms with van der Waals surface area (Å²) in [6, 6.07) is 15.5. The third-order valence-corrected chi connectivity index (χ3v) is 6.84. The second-order valence-corrected chi connectivity index (χ2v) is 9.69. The van der Waals surface area contributed by atoms with Gasteiger partial charge >= 0.3 is 0 Å². The normalized spacial score (nSPS) is 13.8. The molecule has 33 heavy (non-hydrogen) atoms. The number of carbonyl (C=O) groups is 1. The Morgan fingerprint density at radius 3 is 2.45 bits per heavy atom. The van der Waals surface area contributed by atoms with Crippen LogP contribution in [0.1, 0.15) is 11.1 Å². The first-order chi connectivity index (χ1) is 15.9. The average Bonchev–Trinajstić information content (AvgIpc) is 2.80. The number of benzene rings is 2. The minimum atomic E-state index is -0.108. The molecule has 0 atom stereocenters. The summed E-state index contributed by atoms with van der Waals surface area (Å²) in [5, 5.41) is 4.52. The molecule has 1 aliphatic heterocycles. The van der Waals surface area contributed by atoms with Crippen molar-refractivity contribution >= 4 is 58.1 Å². The fourth-order valence-corrected chi connectivity index (χ4v) is 4.69. The Morgan fingerprint density at radius 1 is 0.970 bits per heavy atom. The van der Waals surface area contributed by atoms with Crippen LogP contribution in [0.25, 0.3) is 0 Å². The predicted molar refractivity (Wildman–Crippen MR) is 138 cm³/mol. The lowest BCUT2D eigenvalue weighted by Crippen LogP contribution is -2.46. The molecule has 1 N–H and O–H groups in total. The van der Waals surface area contributed by atoms with E-state index in [0.29, 0.717) is 10.3 Å². The van der Waals surface area contributed by atoms with Gasteiger partial charge in [0.2, 0.25) is 5.91 Å². The summed E-state index contributed by atoms with van der Waals surface area (Å²) in [4.78, 5) is 25.8. The maximum Gasteiger partial charge on any atom is 0.234 e. The highest BCUT2D eigenvalue weighted by Gasteiger charge is 2.20. The Kier molecular flexibility index (Phi) is 7.63. The number of aromatic nitrogens is 2. The van der Waals surface area contributed by atoms with E-state index in [0.717, 1.165) is 54.0 Å². The van der Waals surface area contributed by atoms with Crippen LogP contribution in [0.5, 0.6) is 0 Å². The van der Waals surface area contributed by atoms with Gasteiger partial charge in [-0.3, -0.25) is 4.79 Å². The Hall–Kier alpha value is -2.48. The lowest BCUT2D eigenvalue weighted by Gasteiger charge is -2.36. The fourth-order valence-electron chi connectivity index (χ4n) is 3.62. The van der Waals surface area contributed by atoms with Crippen molar-refractivity contribution in [1.29, 1.82) is 0 Å². The number of nitrogens with one attached hydrogen (secondary N) is 1. The lowest BCUT2D eigenvalue weighted by atomic mass is 10.1. The molecule has 0 saturated carbocycles. The van der Waals surface area contributed by atoms with Crippen LogP contribution in [0.4, 0.5) is 17.2 Å². The molecule has 0 aliphatic carbocycles. The van der Waals surface area contributed by atoms with Crippen molar-refractivity contribution in [2.45, 2.75) is 19.0 Å². The molecule has 4 rings (SSSR count). The van der Waals surface area contributed by atoms with Gasteiger partial charge < -0.3 is 15.1 Å². The molecule has 1 amide bonds. The topological polar surface area (TPSA) is 61.4 Å². The van der Waals surface area contributed by atoms with E-state index < -0.39 is 0 Å². The smallest absolute Gasteiger partial charge is 0.234 e. The number of carbonyl (C=O) groups excluding carboxylic acids is 1. The summed E-state index contributed by atoms with van der Waals surface area (Å²) in [6.45, 7) is 7.37. The van der Waals surface area contributed by atoms with Crippen LogP contribution >= 0.6 is 35.0 Å². The van der Waals surface area contributed by atoms with Crippen molar-refractivity contribution in [2.75, 3.05) is 47.0 Å². The molecule has 6 nitrogen and oxygen atoms in total. The summed E-state index contributed by atoms with van der Waals surface area (Å²) in [5.41, 5.74) is 4.23. The summed E-state index contributed by atoms with van der Waals surface area (Å²) in [5.74, 6) is 0.872. The minimum Gasteiger partial charge on any atom is -0.368 e. The summed E-state index contributed by atoms with van der Waals surface area (Å²) in [6.07, 6.45) is 0. The van der Waals surface area contributed by atoms with E-state index >= 15 is 0 Å². The predicted octanol–water partition coefficient (Wildman–Crippen LogP) is 5.46. The highest BCUT2D eigenvalue weighted by Crippen LogP contribution is 2.25. The summed E-state index contributed by atoms with van der Waals surface area (Å²) < 4.78 is 0. The molecule has 1 saturated heterocycles. The quantitative estimate of drug-likeness (QED) is 0.275. The first-order valence-electron chi connectivity index (χ1n) is 10.7. The van der Waals surface area contributed by atoms with E-state index in [9.17, 15) is 4.79 Å². The Morgan fingerprint density at radius 2 is 1.73 bits per heavy atom. The van der Waals surface area contributed by atoms with E-state index in [1.165, 1.54) is 17.3 Å². The van der Waals surface area contributed by atoms with Crippen LogP contribution in [0.3, 0.4) is 0 Å². The number of thioether (sulfide) groups is 1. The van der Waals surface area contributed by atoms with Gasteiger partial charge in [-0.25, -0.2) is 9.97 Å². The number of aryl methyl sites for hydroxylation is 2. The summed E-state index contributed by atoms with van der Waals surface area (Å²) >= 11 is 13.7. The van der Waals surface area contributed by atoms with Crippen molar-refractivity contribution in [3.63, 3.8) is 0 Å². The molecule has 172 valence electrons. The van der Waals surface area contributed by atoms with E-state index in [1.807, 2.05) is 50.2 Å². The third-order valence-electron chi connectivity index (χ3n) is 5.56. The zero-order chi connectivity index (χ0) is 23.4. The first kappa shape index (κ1) is 23.7. The zero-order valence-electron chi connectivity index (χ0n) is 18.5. The number of hydrogen-bond donors (Lipinski definition) is 1. The Bertz CT molecular complexity index is 1150. The van der Waals surface area contributed by atoms with Gasteiger partial charge in [0, 0.05) is 48.6 Å². The highest BCUT2D eigenvalue weighted by atomic mass is 35.5. The minimum absolute atomic E-state index is 0.108. The third kappa shape index (κ3) is 6.31. The number of halogens is 2. The van der Waals surface area contributed by atoms with Crippen LogP contribution < -0.4 is 15.1 Å². The maximum atomic E-state index is 12.4. The molecule has 2 aromatic carbocycles. The SMILES string of the molecule is Cc1ccc(NC(=O)CSc2nc(Cl)cc(N3CCN(c4cccc(Cl)c4)CC3)n2)cc1C. The second-order valence-electron chi connectivity index (χ2n) is 7.92. The van der Waals surface area contributed by atoms with Gasteiger partial charge in [0.15, 0.2) is 5.16 Å². The molecule has 0 spiro atoms. The lowest BCUT2D eigenvalue weighted by molar-refractivity contribution is -0.113. The molecule has 1 aliphatic rings. The highest BCUT2D eigenvalue weighted by molar-refractivity contribution is 7.99. The zero-order valence-corrected chi connectivity index (χ0v) is 20.8. The van der Waals surface area contributed by atoms with Crippen molar-refractivity contribution in [3.8, 4) is 0 Å². The van der Waals surface area contributed by atoms with Crippen molar-refractivity contribution in [1.82, 2.24) is 9.97 Å². The number of hydrogen-bond acceptors (Lipinski definition) is 6. The van der Waals surface area contributed by atoms with E-state index in [2.05, 4.69) is 31.2 Å². The van der Waals surface area contributed by atoms with Gasteiger partial charge in [0.25, 0.3) is 0 Å². The van der Waals surface area contributed by atoms with Crippen molar-refractivity contribution in [3.05, 3.63) is 69.8 Å². The number of nitrogens with zero attached hydrogens (tertiary/aromatic N) is 4. The molecular formula is C24H25Cl2N5OS. The maximum absolute atomic E-state index is 12.4. The fraction of sp³-hybridized carbons (Fsp3) is 0.292. The van der Waals surface area contributed by atoms with Crippen molar-refractivity contribution < 1.29 is 4.79 Å². The Labute approximate surface area is 208 Å². The molecule has 0 bridgehead atoms. The standard InChI is InChI=1S/C24H25Cl2N5OS/c1-16-6-7-19(12-17(16)2)27-23(32)15-33-24-28-21(26)14-22(29-24)31-10-8-30(9-11-31)20-5-3-4-18(25)13-20/h3-7,12-14H,8-11,15H2,1-2H3,(H,27,32). The summed E-state index contributed by atoms with van der Waals surface area (Å²) in [7, 11) is 0. The van der Waals surface area contributed by atoms with Gasteiger partial charge in [-0.1, -0.05) is 47.1 Å². The molecule has 0 unspecified atom stereocenters. The van der Waals surface area contributed by atoms with E-state index in [4.69, 9.17) is 23.2 Å². The van der Waals surface area contributed by atoms with Crippen LogP contribution in [0.15, 0.2) is 53.7 Å². The number of rotatable bonds is 6.